The number of hydrogen-bond donors (Lipinski definition) is 0. The molecular formula is C27H31ClN4O5S. The number of fused-ring (bicyclic) bond motifs is 1. The lowest BCUT2D eigenvalue weighted by molar-refractivity contribution is 0.0412. The quantitative estimate of drug-likeness (QED) is 0.442. The van der Waals surface area contributed by atoms with Crippen LogP contribution in [0.4, 0.5) is 4.79 Å². The number of halogens is 1. The van der Waals surface area contributed by atoms with Crippen LogP contribution in [0, 0.1) is 0 Å². The van der Waals surface area contributed by atoms with E-state index in [0.29, 0.717) is 59.0 Å². The first-order valence-electron chi connectivity index (χ1n) is 12.4. The summed E-state index contributed by atoms with van der Waals surface area (Å²) in [5.41, 5.74) is 2.29. The van der Waals surface area contributed by atoms with Crippen molar-refractivity contribution in [2.45, 2.75) is 31.2 Å². The second kappa shape index (κ2) is 11.3. The molecule has 9 nitrogen and oxygen atoms in total. The second-order valence-electron chi connectivity index (χ2n) is 9.44. The number of sulfonamides is 1. The normalized spacial score (nSPS) is 16.2. The molecule has 0 saturated carbocycles. The topological polar surface area (TPSA) is 100 Å². The molecule has 1 atom stereocenters. The molecule has 1 aliphatic heterocycles. The first-order chi connectivity index (χ1) is 18.0. The fourth-order valence-electron chi connectivity index (χ4n) is 4.34. The number of pyridine rings is 1. The molecule has 2 heterocycles. The van der Waals surface area contributed by atoms with Crippen LogP contribution in [0.1, 0.15) is 30.6 Å². The van der Waals surface area contributed by atoms with Crippen molar-refractivity contribution in [2.24, 2.45) is 0 Å². The molecule has 0 aliphatic carbocycles. The average molecular weight is 559 g/mol. The Labute approximate surface area is 228 Å². The second-order valence-corrected chi connectivity index (χ2v) is 12.0. The molecule has 1 aromatic heterocycles. The molecule has 3 aromatic rings. The van der Waals surface area contributed by atoms with E-state index in [0.717, 1.165) is 10.7 Å². The number of amides is 2. The molecule has 1 aliphatic rings. The summed E-state index contributed by atoms with van der Waals surface area (Å²) in [5.74, 6) is -0.151. The van der Waals surface area contributed by atoms with Crippen LogP contribution in [0.5, 0.6) is 0 Å². The van der Waals surface area contributed by atoms with Crippen molar-refractivity contribution in [3.63, 3.8) is 0 Å². The minimum atomic E-state index is -3.55. The maximum atomic E-state index is 13.3. The summed E-state index contributed by atoms with van der Waals surface area (Å²) in [7, 11) is -0.583. The summed E-state index contributed by atoms with van der Waals surface area (Å²) < 4.78 is 31.2. The van der Waals surface area contributed by atoms with Gasteiger partial charge in [0.2, 0.25) is 10.0 Å². The van der Waals surface area contributed by atoms with Crippen molar-refractivity contribution in [1.29, 1.82) is 0 Å². The van der Waals surface area contributed by atoms with E-state index in [9.17, 15) is 18.0 Å². The molecule has 1 fully saturated rings. The molecular weight excluding hydrogens is 528 g/mol. The SMILES string of the molecule is CCCOC(=O)N1CCN(C(=O)c2ccc3c(Cl)cc(-c4ccc(S(=O)(=O)N(C)C)cc4)nc3c2)C[C@H]1C. The van der Waals surface area contributed by atoms with Gasteiger partial charge in [0.15, 0.2) is 0 Å². The summed E-state index contributed by atoms with van der Waals surface area (Å²) in [6.07, 6.45) is 0.403. The largest absolute Gasteiger partial charge is 0.449 e. The highest BCUT2D eigenvalue weighted by molar-refractivity contribution is 7.89. The van der Waals surface area contributed by atoms with E-state index in [4.69, 9.17) is 21.3 Å². The highest BCUT2D eigenvalue weighted by atomic mass is 35.5. The molecule has 0 unspecified atom stereocenters. The third-order valence-corrected chi connectivity index (χ3v) is 8.66. The Morgan fingerprint density at radius 3 is 2.45 bits per heavy atom. The minimum absolute atomic E-state index is 0.151. The zero-order valence-electron chi connectivity index (χ0n) is 21.8. The third kappa shape index (κ3) is 5.62. The van der Waals surface area contributed by atoms with Gasteiger partial charge in [-0.05, 0) is 43.7 Å². The fraction of sp³-hybridized carbons (Fsp3) is 0.370. The molecule has 4 rings (SSSR count). The van der Waals surface area contributed by atoms with Crippen molar-refractivity contribution in [3.05, 3.63) is 59.1 Å². The van der Waals surface area contributed by atoms with Crippen LogP contribution in [0.25, 0.3) is 22.2 Å². The van der Waals surface area contributed by atoms with Crippen molar-refractivity contribution in [1.82, 2.24) is 19.1 Å². The molecule has 38 heavy (non-hydrogen) atoms. The van der Waals surface area contributed by atoms with E-state index in [-0.39, 0.29) is 22.9 Å². The Morgan fingerprint density at radius 1 is 1.11 bits per heavy atom. The number of aromatic nitrogens is 1. The maximum absolute atomic E-state index is 13.3. The van der Waals surface area contributed by atoms with Crippen molar-refractivity contribution in [2.75, 3.05) is 40.3 Å². The molecule has 0 N–H and O–H groups in total. The van der Waals surface area contributed by atoms with Crippen LogP contribution in [-0.2, 0) is 14.8 Å². The van der Waals surface area contributed by atoms with E-state index in [1.165, 1.54) is 26.2 Å². The molecule has 202 valence electrons. The Kier molecular flexibility index (Phi) is 8.25. The monoisotopic (exact) mass is 558 g/mol. The number of hydrogen-bond acceptors (Lipinski definition) is 6. The minimum Gasteiger partial charge on any atom is -0.449 e. The summed E-state index contributed by atoms with van der Waals surface area (Å²) in [6, 6.07) is 13.2. The average Bonchev–Trinajstić information content (AvgIpc) is 2.90. The summed E-state index contributed by atoms with van der Waals surface area (Å²) in [6.45, 7) is 5.41. The van der Waals surface area contributed by atoms with Gasteiger partial charge in [0.05, 0.1) is 27.7 Å². The van der Waals surface area contributed by atoms with Crippen LogP contribution < -0.4 is 0 Å². The molecule has 1 saturated heterocycles. The van der Waals surface area contributed by atoms with Gasteiger partial charge in [-0.25, -0.2) is 22.5 Å². The highest BCUT2D eigenvalue weighted by Crippen LogP contribution is 2.30. The zero-order valence-corrected chi connectivity index (χ0v) is 23.4. The molecule has 2 aromatic carbocycles. The molecule has 2 amide bonds. The van der Waals surface area contributed by atoms with Gasteiger partial charge in [-0.2, -0.15) is 0 Å². The maximum Gasteiger partial charge on any atom is 0.410 e. The van der Waals surface area contributed by atoms with Gasteiger partial charge < -0.3 is 14.5 Å². The predicted molar refractivity (Wildman–Crippen MR) is 147 cm³/mol. The van der Waals surface area contributed by atoms with E-state index >= 15 is 0 Å². The number of benzene rings is 2. The van der Waals surface area contributed by atoms with Gasteiger partial charge in [-0.3, -0.25) is 4.79 Å². The van der Waals surface area contributed by atoms with Crippen LogP contribution in [0.3, 0.4) is 0 Å². The zero-order chi connectivity index (χ0) is 27.6. The van der Waals surface area contributed by atoms with Gasteiger partial charge in [0.1, 0.15) is 0 Å². The number of carbonyl (C=O) groups is 2. The Bertz CT molecular complexity index is 1460. The lowest BCUT2D eigenvalue weighted by Gasteiger charge is -2.39. The number of nitrogens with zero attached hydrogens (tertiary/aromatic N) is 4. The number of ether oxygens (including phenoxy) is 1. The van der Waals surface area contributed by atoms with Gasteiger partial charge in [-0.1, -0.05) is 36.7 Å². The standard InChI is InChI=1S/C27H31ClN4O5S/c1-5-14-37-27(34)32-13-12-31(17-18(32)2)26(33)20-8-11-22-23(28)16-24(29-25(22)15-20)19-6-9-21(10-7-19)38(35,36)30(3)4/h6-11,15-16,18H,5,12-14,17H2,1-4H3/t18-/m1/s1. The number of carbonyl (C=O) groups excluding carboxylic acids is 2. The van der Waals surface area contributed by atoms with Gasteiger partial charge in [-0.15, -0.1) is 0 Å². The van der Waals surface area contributed by atoms with Crippen LogP contribution in [-0.4, -0.2) is 85.9 Å². The molecule has 0 radical (unpaired) electrons. The first-order valence-corrected chi connectivity index (χ1v) is 14.2. The summed E-state index contributed by atoms with van der Waals surface area (Å²) >= 11 is 6.55. The van der Waals surface area contributed by atoms with E-state index in [1.807, 2.05) is 13.8 Å². The third-order valence-electron chi connectivity index (χ3n) is 6.51. The van der Waals surface area contributed by atoms with Gasteiger partial charge in [0.25, 0.3) is 5.91 Å². The molecule has 0 spiro atoms. The van der Waals surface area contributed by atoms with Crippen LogP contribution in [0.2, 0.25) is 5.02 Å². The number of piperazine rings is 1. The Hall–Kier alpha value is -3.21. The van der Waals surface area contributed by atoms with E-state index in [2.05, 4.69) is 0 Å². The Balaban J connectivity index is 1.56. The lowest BCUT2D eigenvalue weighted by atomic mass is 10.1. The summed E-state index contributed by atoms with van der Waals surface area (Å²) in [5, 5.41) is 1.18. The summed E-state index contributed by atoms with van der Waals surface area (Å²) in [4.78, 5) is 33.9. The van der Waals surface area contributed by atoms with Crippen LogP contribution in [0.15, 0.2) is 53.4 Å². The van der Waals surface area contributed by atoms with Crippen molar-refractivity contribution >= 4 is 44.5 Å². The smallest absolute Gasteiger partial charge is 0.410 e. The molecule has 0 bridgehead atoms. The van der Waals surface area contributed by atoms with Crippen molar-refractivity contribution < 1.29 is 22.7 Å². The van der Waals surface area contributed by atoms with Crippen LogP contribution >= 0.6 is 11.6 Å². The highest BCUT2D eigenvalue weighted by Gasteiger charge is 2.31. The van der Waals surface area contributed by atoms with Gasteiger partial charge >= 0.3 is 6.09 Å². The van der Waals surface area contributed by atoms with Gasteiger partial charge in [0, 0.05) is 56.3 Å². The van der Waals surface area contributed by atoms with Crippen molar-refractivity contribution in [3.8, 4) is 11.3 Å². The van der Waals surface area contributed by atoms with E-state index in [1.54, 1.807) is 46.2 Å². The first kappa shape index (κ1) is 27.8. The lowest BCUT2D eigenvalue weighted by Crippen LogP contribution is -2.55. The predicted octanol–water partition coefficient (Wildman–Crippen LogP) is 4.50. The Morgan fingerprint density at radius 2 is 1.82 bits per heavy atom. The fourth-order valence-corrected chi connectivity index (χ4v) is 5.51. The molecule has 11 heteroatoms. The van der Waals surface area contributed by atoms with E-state index < -0.39 is 10.0 Å². The number of rotatable bonds is 6.